The van der Waals surface area contributed by atoms with Crippen LogP contribution in [-0.4, -0.2) is 28.6 Å². The second-order valence-corrected chi connectivity index (χ2v) is 3.55. The van der Waals surface area contributed by atoms with E-state index in [1.165, 1.54) is 0 Å². The number of hydrogen-bond acceptors (Lipinski definition) is 3. The van der Waals surface area contributed by atoms with Gasteiger partial charge in [-0.15, -0.1) is 0 Å². The van der Waals surface area contributed by atoms with E-state index in [2.05, 4.69) is 10.3 Å². The van der Waals surface area contributed by atoms with Crippen LogP contribution >= 0.6 is 0 Å². The summed E-state index contributed by atoms with van der Waals surface area (Å²) in [4.78, 5) is 4.46. The first-order valence-electron chi connectivity index (χ1n) is 5.02. The third-order valence-corrected chi connectivity index (χ3v) is 2.38. The predicted molar refractivity (Wildman–Crippen MR) is 61.7 cm³/mol. The first-order chi connectivity index (χ1) is 7.24. The van der Waals surface area contributed by atoms with Gasteiger partial charge in [-0.2, -0.15) is 0 Å². The molecule has 0 amide bonds. The van der Waals surface area contributed by atoms with Gasteiger partial charge in [0.25, 0.3) is 0 Å². The van der Waals surface area contributed by atoms with Crippen molar-refractivity contribution in [3.8, 4) is 0 Å². The molecule has 2 N–H and O–H groups in total. The third-order valence-electron chi connectivity index (χ3n) is 2.38. The Morgan fingerprint density at radius 1 is 1.47 bits per heavy atom. The number of nitrogens with one attached hydrogen (secondary N) is 1. The smallest absolute Gasteiger partial charge is 0.415 e. The monoisotopic (exact) mass is 203 g/mol. The average molecular weight is 203 g/mol. The summed E-state index contributed by atoms with van der Waals surface area (Å²) < 4.78 is 1.84. The first kappa shape index (κ1) is 10.2. The van der Waals surface area contributed by atoms with Crippen LogP contribution in [0, 0.1) is 0 Å². The highest BCUT2D eigenvalue weighted by atomic mass is 16.2. The molecule has 0 bridgehead atoms. The van der Waals surface area contributed by atoms with Gasteiger partial charge in [0.05, 0.1) is 17.6 Å². The number of fused-ring (bicyclic) bond motifs is 1. The van der Waals surface area contributed by atoms with Crippen molar-refractivity contribution in [2.75, 3.05) is 7.05 Å². The summed E-state index contributed by atoms with van der Waals surface area (Å²) in [6, 6.07) is 7.82. The van der Waals surface area contributed by atoms with Gasteiger partial charge in [-0.3, -0.25) is 0 Å². The molecule has 0 atom stereocenters. The molecule has 0 radical (unpaired) electrons. The molecule has 0 saturated heterocycles. The Morgan fingerprint density at radius 3 is 2.87 bits per heavy atom. The highest BCUT2D eigenvalue weighted by molar-refractivity contribution is 6.48. The van der Waals surface area contributed by atoms with Crippen molar-refractivity contribution in [1.82, 2.24) is 14.8 Å². The molecular formula is C10H14BN3O. The van der Waals surface area contributed by atoms with Gasteiger partial charge in [-0.05, 0) is 26.0 Å². The normalized spacial score (nSPS) is 10.9. The van der Waals surface area contributed by atoms with Gasteiger partial charge in [0.15, 0.2) is 0 Å². The molecule has 0 spiro atoms. The number of imidazole rings is 1. The maximum absolute atomic E-state index is 9.71. The Balaban J connectivity index is 2.63. The Morgan fingerprint density at radius 2 is 2.20 bits per heavy atom. The van der Waals surface area contributed by atoms with Crippen molar-refractivity contribution in [3.05, 3.63) is 30.1 Å². The largest absolute Gasteiger partial charge is 0.432 e. The molecule has 1 aromatic carbocycles. The first-order valence-corrected chi connectivity index (χ1v) is 5.02. The minimum absolute atomic E-state index is 0.555. The average Bonchev–Trinajstić information content (AvgIpc) is 2.56. The van der Waals surface area contributed by atoms with Crippen LogP contribution in [0.1, 0.15) is 5.82 Å². The maximum atomic E-state index is 9.71. The van der Waals surface area contributed by atoms with Gasteiger partial charge < -0.3 is 14.8 Å². The van der Waals surface area contributed by atoms with Crippen LogP contribution in [0.25, 0.3) is 11.0 Å². The summed E-state index contributed by atoms with van der Waals surface area (Å²) in [5, 5.41) is 12.8. The maximum Gasteiger partial charge on any atom is 0.415 e. The van der Waals surface area contributed by atoms with Gasteiger partial charge in [0.1, 0.15) is 5.82 Å². The Kier molecular flexibility index (Phi) is 2.75. The van der Waals surface area contributed by atoms with E-state index in [0.717, 1.165) is 16.9 Å². The second kappa shape index (κ2) is 4.04. The quantitative estimate of drug-likeness (QED) is 0.722. The fourth-order valence-corrected chi connectivity index (χ4v) is 1.79. The number of nitrogens with zero attached hydrogens (tertiary/aromatic N) is 2. The van der Waals surface area contributed by atoms with E-state index in [9.17, 15) is 5.02 Å². The van der Waals surface area contributed by atoms with Crippen molar-refractivity contribution in [1.29, 1.82) is 0 Å². The topological polar surface area (TPSA) is 50.1 Å². The lowest BCUT2D eigenvalue weighted by molar-refractivity contribution is 0.559. The van der Waals surface area contributed by atoms with E-state index in [1.807, 2.05) is 35.8 Å². The molecule has 5 heteroatoms. The van der Waals surface area contributed by atoms with Crippen molar-refractivity contribution in [2.24, 2.45) is 0 Å². The van der Waals surface area contributed by atoms with E-state index in [4.69, 9.17) is 0 Å². The second-order valence-electron chi connectivity index (χ2n) is 3.55. The molecular weight excluding hydrogens is 189 g/mol. The number of hydrogen-bond donors (Lipinski definition) is 2. The zero-order valence-electron chi connectivity index (χ0n) is 8.94. The van der Waals surface area contributed by atoms with Crippen LogP contribution in [0.5, 0.6) is 0 Å². The number of rotatable bonds is 3. The molecule has 0 aliphatic heterocycles. The lowest BCUT2D eigenvalue weighted by Gasteiger charge is -2.08. The van der Waals surface area contributed by atoms with Crippen LogP contribution < -0.4 is 5.32 Å². The number of para-hydroxylation sites is 2. The number of aromatic nitrogens is 2. The van der Waals surface area contributed by atoms with E-state index < -0.39 is 7.05 Å². The lowest BCUT2D eigenvalue weighted by atomic mass is 9.87. The van der Waals surface area contributed by atoms with Gasteiger partial charge >= 0.3 is 7.05 Å². The summed E-state index contributed by atoms with van der Waals surface area (Å²) in [7, 11) is 1.31. The summed E-state index contributed by atoms with van der Waals surface area (Å²) in [5.74, 6) is 0.855. The fraction of sp³-hybridized carbons (Fsp3) is 0.300. The van der Waals surface area contributed by atoms with Crippen LogP contribution in [-0.2, 0) is 6.54 Å². The summed E-state index contributed by atoms with van der Waals surface area (Å²) >= 11 is 0. The molecule has 0 aliphatic rings. The molecule has 0 aliphatic carbocycles. The van der Waals surface area contributed by atoms with Crippen LogP contribution in [0.3, 0.4) is 0 Å². The van der Waals surface area contributed by atoms with Crippen molar-refractivity contribution < 1.29 is 5.02 Å². The molecule has 1 heterocycles. The highest BCUT2D eigenvalue weighted by Gasteiger charge is 2.16. The zero-order chi connectivity index (χ0) is 10.8. The summed E-state index contributed by atoms with van der Waals surface area (Å²) in [6.45, 7) is 2.40. The Bertz CT molecular complexity index is 467. The van der Waals surface area contributed by atoms with Gasteiger partial charge in [0, 0.05) is 0 Å². The van der Waals surface area contributed by atoms with Crippen LogP contribution in [0.2, 0.25) is 6.82 Å². The van der Waals surface area contributed by atoms with Crippen LogP contribution in [0.4, 0.5) is 0 Å². The third kappa shape index (κ3) is 1.76. The van der Waals surface area contributed by atoms with E-state index >= 15 is 0 Å². The minimum atomic E-state index is -0.555. The standard InChI is InChI=1S/C10H14BN3O/c1-11(15)14-9-6-4-3-5-8(9)13-10(14)7-12-2/h3-6,12,15H,7H2,1-2H3. The van der Waals surface area contributed by atoms with Gasteiger partial charge in [0.2, 0.25) is 0 Å². The fourth-order valence-electron chi connectivity index (χ4n) is 1.79. The predicted octanol–water partition coefficient (Wildman–Crippen LogP) is 0.714. The molecule has 0 saturated carbocycles. The summed E-state index contributed by atoms with van der Waals surface area (Å²) in [6.07, 6.45) is 0. The van der Waals surface area contributed by atoms with Gasteiger partial charge in [-0.25, -0.2) is 4.98 Å². The lowest BCUT2D eigenvalue weighted by Crippen LogP contribution is -2.24. The molecule has 0 fully saturated rings. The Hall–Kier alpha value is -1.33. The molecule has 15 heavy (non-hydrogen) atoms. The Labute approximate surface area is 89.1 Å². The minimum Gasteiger partial charge on any atom is -0.432 e. The van der Waals surface area contributed by atoms with E-state index in [0.29, 0.717) is 6.54 Å². The van der Waals surface area contributed by atoms with Gasteiger partial charge in [-0.1, -0.05) is 12.1 Å². The zero-order valence-corrected chi connectivity index (χ0v) is 8.94. The summed E-state index contributed by atoms with van der Waals surface area (Å²) in [5.41, 5.74) is 1.89. The molecule has 1 aromatic heterocycles. The van der Waals surface area contributed by atoms with E-state index in [-0.39, 0.29) is 0 Å². The van der Waals surface area contributed by atoms with Crippen molar-refractivity contribution in [2.45, 2.75) is 13.4 Å². The highest BCUT2D eigenvalue weighted by Crippen LogP contribution is 2.15. The van der Waals surface area contributed by atoms with Crippen LogP contribution in [0.15, 0.2) is 24.3 Å². The van der Waals surface area contributed by atoms with E-state index in [1.54, 1.807) is 6.82 Å². The molecule has 2 aromatic rings. The SMILES string of the molecule is CNCc1nc2ccccc2n1B(C)O. The number of benzene rings is 1. The molecule has 4 nitrogen and oxygen atoms in total. The molecule has 78 valence electrons. The van der Waals surface area contributed by atoms with Crippen molar-refractivity contribution in [3.63, 3.8) is 0 Å². The molecule has 0 unspecified atom stereocenters. The molecule has 2 rings (SSSR count). The van der Waals surface area contributed by atoms with Crippen molar-refractivity contribution >= 4 is 18.1 Å².